The van der Waals surface area contributed by atoms with Gasteiger partial charge in [0.2, 0.25) is 0 Å². The first kappa shape index (κ1) is 22.3. The predicted molar refractivity (Wildman–Crippen MR) is 129 cm³/mol. The molecule has 3 aromatic rings. The number of halogens is 1. The summed E-state index contributed by atoms with van der Waals surface area (Å²) in [4.78, 5) is 0. The van der Waals surface area contributed by atoms with Crippen molar-refractivity contribution in [3.8, 4) is 5.75 Å². The highest BCUT2D eigenvalue weighted by Crippen LogP contribution is 2.31. The molecule has 0 saturated heterocycles. The van der Waals surface area contributed by atoms with E-state index < -0.39 is 11.2 Å². The summed E-state index contributed by atoms with van der Waals surface area (Å²) in [7, 11) is 0. The lowest BCUT2D eigenvalue weighted by Gasteiger charge is -2.13. The van der Waals surface area contributed by atoms with Crippen molar-refractivity contribution in [3.63, 3.8) is 0 Å². The quantitative estimate of drug-likeness (QED) is 0.315. The third-order valence-electron chi connectivity index (χ3n) is 4.52. The normalized spacial score (nSPS) is 13.1. The SMILES string of the molecule is CCCc1ccc(/C=C(\SC)[S+](C)[O-])c(OCc2cc(Br)c3oc(C)cc3c2)c1. The van der Waals surface area contributed by atoms with Crippen LogP contribution in [-0.2, 0) is 24.2 Å². The molecular formula is C23H25BrO3S2. The van der Waals surface area contributed by atoms with E-state index in [1.165, 1.54) is 17.3 Å². The van der Waals surface area contributed by atoms with Crippen LogP contribution in [0.15, 0.2) is 49.5 Å². The lowest BCUT2D eigenvalue weighted by atomic mass is 10.1. The van der Waals surface area contributed by atoms with Gasteiger partial charge in [0, 0.05) is 17.0 Å². The van der Waals surface area contributed by atoms with E-state index >= 15 is 0 Å². The summed E-state index contributed by atoms with van der Waals surface area (Å²) in [5, 5.41) is 1.06. The molecule has 154 valence electrons. The lowest BCUT2D eigenvalue weighted by Crippen LogP contribution is -2.00. The third-order valence-corrected chi connectivity index (χ3v) is 7.52. The summed E-state index contributed by atoms with van der Waals surface area (Å²) in [6, 6.07) is 12.4. The molecule has 0 saturated carbocycles. The van der Waals surface area contributed by atoms with E-state index in [2.05, 4.69) is 47.1 Å². The molecule has 0 spiro atoms. The highest BCUT2D eigenvalue weighted by atomic mass is 79.9. The van der Waals surface area contributed by atoms with E-state index in [1.807, 2.05) is 31.4 Å². The minimum atomic E-state index is -1.03. The number of rotatable bonds is 8. The predicted octanol–water partition coefficient (Wildman–Crippen LogP) is 7.08. The maximum atomic E-state index is 12.0. The Balaban J connectivity index is 1.91. The Labute approximate surface area is 188 Å². The van der Waals surface area contributed by atoms with Crippen molar-refractivity contribution in [3.05, 3.63) is 67.6 Å². The second kappa shape index (κ2) is 10.1. The Hall–Kier alpha value is -1.34. The van der Waals surface area contributed by atoms with Crippen LogP contribution in [0, 0.1) is 6.92 Å². The molecule has 0 fully saturated rings. The zero-order valence-corrected chi connectivity index (χ0v) is 20.3. The Morgan fingerprint density at radius 3 is 2.72 bits per heavy atom. The van der Waals surface area contributed by atoms with Crippen molar-refractivity contribution in [2.24, 2.45) is 0 Å². The van der Waals surface area contributed by atoms with Gasteiger partial charge >= 0.3 is 0 Å². The van der Waals surface area contributed by atoms with E-state index in [4.69, 9.17) is 9.15 Å². The van der Waals surface area contributed by atoms with Gasteiger partial charge < -0.3 is 13.7 Å². The first-order valence-corrected chi connectivity index (χ1v) is 13.0. The van der Waals surface area contributed by atoms with Gasteiger partial charge in [-0.05, 0) is 82.1 Å². The summed E-state index contributed by atoms with van der Waals surface area (Å²) >= 11 is 4.08. The van der Waals surface area contributed by atoms with Gasteiger partial charge in [-0.3, -0.25) is 0 Å². The first-order valence-electron chi connectivity index (χ1n) is 9.44. The number of ether oxygens (including phenoxy) is 1. The van der Waals surface area contributed by atoms with Crippen LogP contribution in [0.4, 0.5) is 0 Å². The number of furan rings is 1. The van der Waals surface area contributed by atoms with E-state index in [0.29, 0.717) is 6.61 Å². The third kappa shape index (κ3) is 5.63. The van der Waals surface area contributed by atoms with Gasteiger partial charge in [-0.1, -0.05) is 37.2 Å². The van der Waals surface area contributed by atoms with E-state index in [9.17, 15) is 4.55 Å². The number of hydrogen-bond donors (Lipinski definition) is 0. The van der Waals surface area contributed by atoms with Gasteiger partial charge in [0.1, 0.15) is 30.0 Å². The van der Waals surface area contributed by atoms with E-state index in [1.54, 1.807) is 6.26 Å². The van der Waals surface area contributed by atoms with Gasteiger partial charge in [-0.2, -0.15) is 0 Å². The van der Waals surface area contributed by atoms with Crippen molar-refractivity contribution >= 4 is 55.9 Å². The highest BCUT2D eigenvalue weighted by molar-refractivity contribution is 9.10. The standard InChI is InChI=1S/C23H25BrO3S2/c1-5-6-16-7-8-18(13-22(28-3)29(4)25)21(12-16)26-14-17-10-19-9-15(2)27-23(19)20(24)11-17/h7-13H,5-6,14H2,1-4H3/b22-13+. The fraction of sp³-hybridized carbons (Fsp3) is 0.304. The number of hydrogen-bond acceptors (Lipinski definition) is 4. The number of aryl methyl sites for hydroxylation is 2. The maximum absolute atomic E-state index is 12.0. The second-order valence-corrected chi connectivity index (χ2v) is 10.2. The van der Waals surface area contributed by atoms with E-state index in [0.717, 1.165) is 55.2 Å². The molecule has 3 nitrogen and oxygen atoms in total. The van der Waals surface area contributed by atoms with Gasteiger partial charge in [0.15, 0.2) is 4.24 Å². The summed E-state index contributed by atoms with van der Waals surface area (Å²) in [6.45, 7) is 4.56. The Morgan fingerprint density at radius 1 is 1.24 bits per heavy atom. The Kier molecular flexibility index (Phi) is 7.79. The molecule has 1 aromatic heterocycles. The summed E-state index contributed by atoms with van der Waals surface area (Å²) < 4.78 is 25.7. The van der Waals surface area contributed by atoms with Gasteiger partial charge in [0.25, 0.3) is 0 Å². The van der Waals surface area contributed by atoms with Crippen LogP contribution in [0.1, 0.15) is 35.8 Å². The molecule has 1 heterocycles. The van der Waals surface area contributed by atoms with Crippen molar-refractivity contribution in [2.45, 2.75) is 33.3 Å². The van der Waals surface area contributed by atoms with Crippen LogP contribution in [0.2, 0.25) is 0 Å². The monoisotopic (exact) mass is 492 g/mol. The summed E-state index contributed by atoms with van der Waals surface area (Å²) in [5.41, 5.74) is 4.11. The highest BCUT2D eigenvalue weighted by Gasteiger charge is 2.12. The van der Waals surface area contributed by atoms with Gasteiger partial charge in [0.05, 0.1) is 4.47 Å². The molecule has 1 unspecified atom stereocenters. The van der Waals surface area contributed by atoms with Crippen LogP contribution >= 0.6 is 27.7 Å². The molecule has 2 aromatic carbocycles. The molecule has 0 radical (unpaired) electrons. The number of benzene rings is 2. The van der Waals surface area contributed by atoms with Crippen molar-refractivity contribution in [1.29, 1.82) is 0 Å². The zero-order valence-electron chi connectivity index (χ0n) is 17.1. The maximum Gasteiger partial charge on any atom is 0.186 e. The topological polar surface area (TPSA) is 45.4 Å². The summed E-state index contributed by atoms with van der Waals surface area (Å²) in [5.74, 6) is 1.70. The largest absolute Gasteiger partial charge is 0.611 e. The average Bonchev–Trinajstić information content (AvgIpc) is 3.06. The molecule has 0 bridgehead atoms. The summed E-state index contributed by atoms with van der Waals surface area (Å²) in [6.07, 6.45) is 7.69. The number of thioether (sulfide) groups is 1. The average molecular weight is 493 g/mol. The van der Waals surface area contributed by atoms with Crippen molar-refractivity contribution < 1.29 is 13.7 Å². The fourth-order valence-electron chi connectivity index (χ4n) is 3.20. The molecular weight excluding hydrogens is 468 g/mol. The molecule has 0 aliphatic heterocycles. The number of fused-ring (bicyclic) bond motifs is 1. The molecule has 3 rings (SSSR count). The van der Waals surface area contributed by atoms with E-state index in [-0.39, 0.29) is 0 Å². The Bertz CT molecular complexity index is 1020. The second-order valence-electron chi connectivity index (χ2n) is 6.89. The molecule has 0 aliphatic rings. The first-order chi connectivity index (χ1) is 13.9. The molecule has 1 atom stereocenters. The van der Waals surface area contributed by atoms with Crippen molar-refractivity contribution in [1.82, 2.24) is 0 Å². The van der Waals surface area contributed by atoms with Crippen LogP contribution in [-0.4, -0.2) is 17.1 Å². The molecule has 0 amide bonds. The fourth-order valence-corrected chi connectivity index (χ4v) is 5.28. The molecule has 0 N–H and O–H groups in total. The van der Waals surface area contributed by atoms with Gasteiger partial charge in [-0.25, -0.2) is 0 Å². The molecule has 6 heteroatoms. The van der Waals surface area contributed by atoms with Crippen LogP contribution < -0.4 is 4.74 Å². The van der Waals surface area contributed by atoms with Crippen LogP contribution in [0.3, 0.4) is 0 Å². The molecule has 29 heavy (non-hydrogen) atoms. The van der Waals surface area contributed by atoms with Gasteiger partial charge in [-0.15, -0.1) is 0 Å². The molecule has 0 aliphatic carbocycles. The van der Waals surface area contributed by atoms with Crippen LogP contribution in [0.25, 0.3) is 17.0 Å². The minimum absolute atomic E-state index is 0.443. The minimum Gasteiger partial charge on any atom is -0.611 e. The zero-order chi connectivity index (χ0) is 21.0. The van der Waals surface area contributed by atoms with Crippen molar-refractivity contribution in [2.75, 3.05) is 12.5 Å². The lowest BCUT2D eigenvalue weighted by molar-refractivity contribution is 0.305. The Morgan fingerprint density at radius 2 is 2.03 bits per heavy atom. The van der Waals surface area contributed by atoms with Crippen LogP contribution in [0.5, 0.6) is 5.75 Å². The smallest absolute Gasteiger partial charge is 0.186 e.